The summed E-state index contributed by atoms with van der Waals surface area (Å²) in [6.45, 7) is 6.72. The molecule has 2 aliphatic heterocycles. The summed E-state index contributed by atoms with van der Waals surface area (Å²) in [6, 6.07) is 5.36. The van der Waals surface area contributed by atoms with Gasteiger partial charge in [-0.25, -0.2) is 8.42 Å². The Morgan fingerprint density at radius 1 is 1.04 bits per heavy atom. The molecule has 0 bridgehead atoms. The molecule has 8 heteroatoms. The molecule has 148 valence electrons. The highest BCUT2D eigenvalue weighted by Crippen LogP contribution is 2.27. The average Bonchev–Trinajstić information content (AvgIpc) is 2.67. The van der Waals surface area contributed by atoms with Crippen molar-refractivity contribution in [2.45, 2.75) is 31.6 Å². The number of carbonyl (C=O) groups excluding carboxylic acids is 2. The third kappa shape index (κ3) is 4.16. The Hall–Kier alpha value is -1.93. The molecule has 0 aromatic heterocycles. The van der Waals surface area contributed by atoms with Crippen LogP contribution in [0, 0.1) is 19.8 Å². The summed E-state index contributed by atoms with van der Waals surface area (Å²) in [5.41, 5.74) is 1.78. The van der Waals surface area contributed by atoms with E-state index in [1.54, 1.807) is 15.9 Å². The van der Waals surface area contributed by atoms with Gasteiger partial charge in [0.25, 0.3) is 0 Å². The van der Waals surface area contributed by atoms with E-state index in [-0.39, 0.29) is 11.8 Å². The van der Waals surface area contributed by atoms with Gasteiger partial charge in [0.2, 0.25) is 22.3 Å². The van der Waals surface area contributed by atoms with Gasteiger partial charge in [-0.1, -0.05) is 17.7 Å². The van der Waals surface area contributed by atoms with Crippen LogP contribution in [0.15, 0.2) is 23.1 Å². The largest absolute Gasteiger partial charge is 0.342 e. The van der Waals surface area contributed by atoms with Gasteiger partial charge in [-0.15, -0.1) is 0 Å². The van der Waals surface area contributed by atoms with E-state index in [0.29, 0.717) is 57.0 Å². The number of aryl methyl sites for hydroxylation is 2. The third-order valence-electron chi connectivity index (χ3n) is 5.53. The number of nitrogens with zero attached hydrogens (tertiary/aromatic N) is 3. The van der Waals surface area contributed by atoms with Crippen LogP contribution in [0.25, 0.3) is 0 Å². The van der Waals surface area contributed by atoms with Crippen LogP contribution in [0.4, 0.5) is 0 Å². The van der Waals surface area contributed by atoms with Gasteiger partial charge in [-0.3, -0.25) is 9.59 Å². The van der Waals surface area contributed by atoms with Gasteiger partial charge in [0.15, 0.2) is 0 Å². The SMILES string of the molecule is Cc1ccc(S(=O)(=O)N2CCC(C(=O)N3CCN(C=O)CC3)CC2)c(C)c1. The monoisotopic (exact) mass is 393 g/mol. The Morgan fingerprint density at radius 2 is 1.67 bits per heavy atom. The van der Waals surface area contributed by atoms with E-state index in [2.05, 4.69) is 0 Å². The molecule has 1 aromatic rings. The first-order valence-electron chi connectivity index (χ1n) is 9.38. The van der Waals surface area contributed by atoms with Crippen molar-refractivity contribution in [3.05, 3.63) is 29.3 Å². The molecule has 0 spiro atoms. The van der Waals surface area contributed by atoms with Crippen molar-refractivity contribution in [2.24, 2.45) is 5.92 Å². The lowest BCUT2D eigenvalue weighted by Gasteiger charge is -2.37. The molecular formula is C19H27N3O4S. The van der Waals surface area contributed by atoms with Gasteiger partial charge in [0.05, 0.1) is 4.90 Å². The molecule has 2 amide bonds. The fourth-order valence-corrected chi connectivity index (χ4v) is 5.55. The second kappa shape index (κ2) is 7.98. The van der Waals surface area contributed by atoms with Gasteiger partial charge in [0, 0.05) is 45.2 Å². The predicted molar refractivity (Wildman–Crippen MR) is 102 cm³/mol. The molecule has 0 unspecified atom stereocenters. The highest BCUT2D eigenvalue weighted by atomic mass is 32.2. The van der Waals surface area contributed by atoms with Crippen LogP contribution >= 0.6 is 0 Å². The van der Waals surface area contributed by atoms with Crippen molar-refractivity contribution in [3.63, 3.8) is 0 Å². The maximum Gasteiger partial charge on any atom is 0.243 e. The number of hydrogen-bond donors (Lipinski definition) is 0. The van der Waals surface area contributed by atoms with Crippen molar-refractivity contribution in [2.75, 3.05) is 39.3 Å². The van der Waals surface area contributed by atoms with E-state index in [1.807, 2.05) is 26.0 Å². The van der Waals surface area contributed by atoms with E-state index >= 15 is 0 Å². The van der Waals surface area contributed by atoms with Crippen molar-refractivity contribution < 1.29 is 18.0 Å². The molecule has 2 aliphatic rings. The van der Waals surface area contributed by atoms with Crippen LogP contribution in [0.3, 0.4) is 0 Å². The van der Waals surface area contributed by atoms with Crippen LogP contribution in [-0.4, -0.2) is 74.1 Å². The maximum atomic E-state index is 13.0. The number of hydrogen-bond acceptors (Lipinski definition) is 4. The summed E-state index contributed by atoms with van der Waals surface area (Å²) in [5, 5.41) is 0. The lowest BCUT2D eigenvalue weighted by molar-refractivity contribution is -0.140. The molecule has 2 fully saturated rings. The first-order chi connectivity index (χ1) is 12.8. The zero-order valence-electron chi connectivity index (χ0n) is 15.9. The summed E-state index contributed by atoms with van der Waals surface area (Å²) >= 11 is 0. The van der Waals surface area contributed by atoms with E-state index in [1.165, 1.54) is 4.31 Å². The van der Waals surface area contributed by atoms with E-state index in [4.69, 9.17) is 0 Å². The molecule has 0 saturated carbocycles. The molecule has 2 saturated heterocycles. The van der Waals surface area contributed by atoms with Crippen LogP contribution in [0.1, 0.15) is 24.0 Å². The summed E-state index contributed by atoms with van der Waals surface area (Å²) < 4.78 is 27.4. The van der Waals surface area contributed by atoms with E-state index in [9.17, 15) is 18.0 Å². The summed E-state index contributed by atoms with van der Waals surface area (Å²) in [4.78, 5) is 27.3. The molecule has 7 nitrogen and oxygen atoms in total. The molecule has 2 heterocycles. The van der Waals surface area contributed by atoms with Crippen LogP contribution < -0.4 is 0 Å². The van der Waals surface area contributed by atoms with Crippen molar-refractivity contribution in [3.8, 4) is 0 Å². The fraction of sp³-hybridized carbons (Fsp3) is 0.579. The number of sulfonamides is 1. The number of piperazine rings is 1. The first-order valence-corrected chi connectivity index (χ1v) is 10.8. The lowest BCUT2D eigenvalue weighted by Crippen LogP contribution is -2.51. The van der Waals surface area contributed by atoms with Gasteiger partial charge in [-0.05, 0) is 38.3 Å². The highest BCUT2D eigenvalue weighted by molar-refractivity contribution is 7.89. The standard InChI is InChI=1S/C19H27N3O4S/c1-15-3-4-18(16(2)13-15)27(25,26)22-7-5-17(6-8-22)19(24)21-11-9-20(14-23)10-12-21/h3-4,13-14,17H,5-12H2,1-2H3. The van der Waals surface area contributed by atoms with Crippen LogP contribution in [-0.2, 0) is 19.6 Å². The number of benzene rings is 1. The van der Waals surface area contributed by atoms with Crippen LogP contribution in [0.2, 0.25) is 0 Å². The number of piperidine rings is 1. The Morgan fingerprint density at radius 3 is 2.22 bits per heavy atom. The van der Waals surface area contributed by atoms with Crippen molar-refractivity contribution >= 4 is 22.3 Å². The van der Waals surface area contributed by atoms with Gasteiger partial charge in [-0.2, -0.15) is 4.31 Å². The van der Waals surface area contributed by atoms with Crippen molar-refractivity contribution in [1.82, 2.24) is 14.1 Å². The fourth-order valence-electron chi connectivity index (χ4n) is 3.88. The Balaban J connectivity index is 1.61. The lowest BCUT2D eigenvalue weighted by atomic mass is 9.96. The minimum atomic E-state index is -3.53. The smallest absolute Gasteiger partial charge is 0.243 e. The Bertz CT molecular complexity index is 808. The summed E-state index contributed by atoms with van der Waals surface area (Å²) in [7, 11) is -3.53. The Labute approximate surface area is 161 Å². The second-order valence-corrected chi connectivity index (χ2v) is 9.32. The summed E-state index contributed by atoms with van der Waals surface area (Å²) in [6.07, 6.45) is 1.89. The third-order valence-corrected chi connectivity index (χ3v) is 7.59. The van der Waals surface area contributed by atoms with Gasteiger partial charge < -0.3 is 9.80 Å². The average molecular weight is 394 g/mol. The normalized spacial score (nSPS) is 19.9. The minimum absolute atomic E-state index is 0.0871. The zero-order valence-corrected chi connectivity index (χ0v) is 16.7. The molecule has 0 N–H and O–H groups in total. The number of amides is 2. The topological polar surface area (TPSA) is 78.0 Å². The van der Waals surface area contributed by atoms with Gasteiger partial charge in [0.1, 0.15) is 0 Å². The van der Waals surface area contributed by atoms with Crippen molar-refractivity contribution in [1.29, 1.82) is 0 Å². The molecule has 1 aromatic carbocycles. The second-order valence-electron chi connectivity index (χ2n) is 7.41. The van der Waals surface area contributed by atoms with Crippen LogP contribution in [0.5, 0.6) is 0 Å². The molecule has 3 rings (SSSR count). The van der Waals surface area contributed by atoms with Gasteiger partial charge >= 0.3 is 0 Å². The quantitative estimate of drug-likeness (QED) is 0.715. The predicted octanol–water partition coefficient (Wildman–Crippen LogP) is 1.00. The maximum absolute atomic E-state index is 13.0. The Kier molecular flexibility index (Phi) is 5.86. The molecular weight excluding hydrogens is 366 g/mol. The van der Waals surface area contributed by atoms with E-state index < -0.39 is 10.0 Å². The molecule has 0 atom stereocenters. The highest BCUT2D eigenvalue weighted by Gasteiger charge is 2.35. The number of carbonyl (C=O) groups is 2. The van der Waals surface area contributed by atoms with E-state index in [0.717, 1.165) is 17.5 Å². The molecule has 0 aliphatic carbocycles. The molecule has 0 radical (unpaired) electrons. The minimum Gasteiger partial charge on any atom is -0.342 e. The zero-order chi connectivity index (χ0) is 19.6. The summed E-state index contributed by atoms with van der Waals surface area (Å²) in [5.74, 6) is -0.0533. The first kappa shape index (κ1) is 19.8. The number of rotatable bonds is 4. The molecule has 27 heavy (non-hydrogen) atoms.